The summed E-state index contributed by atoms with van der Waals surface area (Å²) in [7, 11) is 0. The molecule has 0 aliphatic rings. The Balaban J connectivity index is 2.34. The molecule has 1 amide bonds. The fourth-order valence-corrected chi connectivity index (χ4v) is 2.41. The van der Waals surface area contributed by atoms with Crippen LogP contribution in [0.25, 0.3) is 5.57 Å². The van der Waals surface area contributed by atoms with Crippen LogP contribution < -0.4 is 0 Å². The first kappa shape index (κ1) is 18.8. The first-order valence-corrected chi connectivity index (χ1v) is 7.88. The highest BCUT2D eigenvalue weighted by Crippen LogP contribution is 2.34. The fourth-order valence-electron chi connectivity index (χ4n) is 2.41. The van der Waals surface area contributed by atoms with Gasteiger partial charge in [0.1, 0.15) is 11.5 Å². The monoisotopic (exact) mass is 351 g/mol. The number of carbonyl (C=O) groups excluding carboxylic acids is 1. The minimum absolute atomic E-state index is 0.0408. The molecule has 134 valence electrons. The van der Waals surface area contributed by atoms with Crippen molar-refractivity contribution in [3.63, 3.8) is 0 Å². The highest BCUT2D eigenvalue weighted by atomic mass is 19.4. The molecule has 0 aliphatic heterocycles. The van der Waals surface area contributed by atoms with Crippen molar-refractivity contribution >= 4 is 11.5 Å². The third kappa shape index (κ3) is 4.98. The van der Waals surface area contributed by atoms with Gasteiger partial charge < -0.3 is 9.32 Å². The first-order valence-electron chi connectivity index (χ1n) is 7.88. The van der Waals surface area contributed by atoms with Crippen molar-refractivity contribution in [2.45, 2.75) is 39.5 Å². The van der Waals surface area contributed by atoms with Gasteiger partial charge in [-0.3, -0.25) is 4.79 Å². The number of carbonyl (C=O) groups is 1. The SMILES string of the molecule is Cc1ccc(CN(C(=O)/C=C(/c2ccccc2)C(F)(F)F)C(C)C)o1. The molecule has 6 heteroatoms. The molecule has 3 nitrogen and oxygen atoms in total. The summed E-state index contributed by atoms with van der Waals surface area (Å²) in [5.41, 5.74) is -1.000. The molecular formula is C19H20F3NO2. The molecule has 0 saturated heterocycles. The maximum absolute atomic E-state index is 13.4. The maximum atomic E-state index is 13.4. The Labute approximate surface area is 144 Å². The minimum Gasteiger partial charge on any atom is -0.464 e. The third-order valence-corrected chi connectivity index (χ3v) is 3.69. The van der Waals surface area contributed by atoms with E-state index in [2.05, 4.69) is 0 Å². The zero-order chi connectivity index (χ0) is 18.6. The zero-order valence-corrected chi connectivity index (χ0v) is 14.3. The maximum Gasteiger partial charge on any atom is 0.417 e. The molecule has 0 aliphatic carbocycles. The summed E-state index contributed by atoms with van der Waals surface area (Å²) < 4.78 is 45.6. The predicted octanol–water partition coefficient (Wildman–Crippen LogP) is 4.97. The Morgan fingerprint density at radius 3 is 2.28 bits per heavy atom. The second kappa shape index (κ2) is 7.59. The fraction of sp³-hybridized carbons (Fsp3) is 0.316. The molecule has 25 heavy (non-hydrogen) atoms. The first-order chi connectivity index (χ1) is 11.7. The lowest BCUT2D eigenvalue weighted by Gasteiger charge is -2.25. The molecule has 1 aromatic heterocycles. The standard InChI is InChI=1S/C19H20F3NO2/c1-13(2)23(12-16-10-9-14(3)25-16)18(24)11-17(19(20,21)22)15-7-5-4-6-8-15/h4-11,13H,12H2,1-3H3/b17-11-. The molecule has 0 N–H and O–H groups in total. The van der Waals surface area contributed by atoms with E-state index in [1.807, 2.05) is 0 Å². The Morgan fingerprint density at radius 2 is 1.80 bits per heavy atom. The van der Waals surface area contributed by atoms with E-state index in [1.165, 1.54) is 29.2 Å². The lowest BCUT2D eigenvalue weighted by Crippen LogP contribution is -2.35. The van der Waals surface area contributed by atoms with E-state index in [9.17, 15) is 18.0 Å². The number of aryl methyl sites for hydroxylation is 1. The average Bonchev–Trinajstić information content (AvgIpc) is 2.94. The predicted molar refractivity (Wildman–Crippen MR) is 89.6 cm³/mol. The molecular weight excluding hydrogens is 331 g/mol. The van der Waals surface area contributed by atoms with Crippen molar-refractivity contribution in [3.05, 3.63) is 65.6 Å². The van der Waals surface area contributed by atoms with Gasteiger partial charge >= 0.3 is 6.18 Å². The van der Waals surface area contributed by atoms with Crippen LogP contribution >= 0.6 is 0 Å². The second-order valence-corrected chi connectivity index (χ2v) is 5.99. The van der Waals surface area contributed by atoms with E-state index < -0.39 is 17.7 Å². The highest BCUT2D eigenvalue weighted by Gasteiger charge is 2.36. The summed E-state index contributed by atoms with van der Waals surface area (Å²) in [6.07, 6.45) is -3.97. The van der Waals surface area contributed by atoms with Gasteiger partial charge in [-0.25, -0.2) is 0 Å². The molecule has 0 radical (unpaired) electrons. The third-order valence-electron chi connectivity index (χ3n) is 3.69. The van der Waals surface area contributed by atoms with Crippen molar-refractivity contribution in [3.8, 4) is 0 Å². The van der Waals surface area contributed by atoms with Crippen LogP contribution in [0.2, 0.25) is 0 Å². The van der Waals surface area contributed by atoms with Crippen molar-refractivity contribution in [1.82, 2.24) is 4.90 Å². The van der Waals surface area contributed by atoms with Crippen LogP contribution in [0.4, 0.5) is 13.2 Å². The number of hydrogen-bond acceptors (Lipinski definition) is 2. The van der Waals surface area contributed by atoms with E-state index in [4.69, 9.17) is 4.42 Å². The van der Waals surface area contributed by atoms with Crippen LogP contribution in [0.1, 0.15) is 30.9 Å². The number of alkyl halides is 3. The summed E-state index contributed by atoms with van der Waals surface area (Å²) in [6, 6.07) is 10.5. The van der Waals surface area contributed by atoms with Crippen LogP contribution in [0.3, 0.4) is 0 Å². The van der Waals surface area contributed by atoms with Gasteiger partial charge in [-0.05, 0) is 38.5 Å². The van der Waals surface area contributed by atoms with Gasteiger partial charge in [-0.1, -0.05) is 30.3 Å². The summed E-state index contributed by atoms with van der Waals surface area (Å²) >= 11 is 0. The van der Waals surface area contributed by atoms with Crippen LogP contribution in [-0.2, 0) is 11.3 Å². The van der Waals surface area contributed by atoms with Crippen LogP contribution in [0.15, 0.2) is 53.0 Å². The van der Waals surface area contributed by atoms with Crippen molar-refractivity contribution < 1.29 is 22.4 Å². The van der Waals surface area contributed by atoms with Gasteiger partial charge in [0.25, 0.3) is 0 Å². The smallest absolute Gasteiger partial charge is 0.417 e. The van der Waals surface area contributed by atoms with Crippen LogP contribution in [-0.4, -0.2) is 23.0 Å². The van der Waals surface area contributed by atoms with Gasteiger partial charge in [0.05, 0.1) is 12.1 Å². The van der Waals surface area contributed by atoms with Crippen LogP contribution in [0, 0.1) is 6.92 Å². The minimum atomic E-state index is -4.62. The summed E-state index contributed by atoms with van der Waals surface area (Å²) in [6.45, 7) is 5.37. The Hall–Kier alpha value is -2.50. The molecule has 0 saturated carbocycles. The average molecular weight is 351 g/mol. The Bertz CT molecular complexity index is 746. The molecule has 0 atom stereocenters. The highest BCUT2D eigenvalue weighted by molar-refractivity contribution is 5.96. The van der Waals surface area contributed by atoms with Crippen molar-refractivity contribution in [1.29, 1.82) is 0 Å². The zero-order valence-electron chi connectivity index (χ0n) is 14.3. The number of hydrogen-bond donors (Lipinski definition) is 0. The van der Waals surface area contributed by atoms with Gasteiger partial charge in [0, 0.05) is 12.1 Å². The lowest BCUT2D eigenvalue weighted by atomic mass is 10.0. The quantitative estimate of drug-likeness (QED) is 0.713. The molecule has 2 aromatic rings. The molecule has 0 unspecified atom stereocenters. The van der Waals surface area contributed by atoms with Crippen molar-refractivity contribution in [2.24, 2.45) is 0 Å². The summed E-state index contributed by atoms with van der Waals surface area (Å²) in [5.74, 6) is 0.503. The number of allylic oxidation sites excluding steroid dienone is 1. The van der Waals surface area contributed by atoms with E-state index in [-0.39, 0.29) is 18.2 Å². The Kier molecular flexibility index (Phi) is 5.72. The number of nitrogens with zero attached hydrogens (tertiary/aromatic N) is 1. The molecule has 1 heterocycles. The summed E-state index contributed by atoms with van der Waals surface area (Å²) in [4.78, 5) is 13.9. The van der Waals surface area contributed by atoms with Gasteiger partial charge in [0.2, 0.25) is 5.91 Å². The molecule has 2 rings (SSSR count). The van der Waals surface area contributed by atoms with Crippen molar-refractivity contribution in [2.75, 3.05) is 0 Å². The largest absolute Gasteiger partial charge is 0.464 e. The molecule has 0 bridgehead atoms. The lowest BCUT2D eigenvalue weighted by molar-refractivity contribution is -0.129. The molecule has 0 fully saturated rings. The van der Waals surface area contributed by atoms with Gasteiger partial charge in [0.15, 0.2) is 0 Å². The number of rotatable bonds is 5. The number of amides is 1. The number of furan rings is 1. The van der Waals surface area contributed by atoms with E-state index >= 15 is 0 Å². The number of benzene rings is 1. The van der Waals surface area contributed by atoms with Gasteiger partial charge in [-0.15, -0.1) is 0 Å². The Morgan fingerprint density at radius 1 is 1.16 bits per heavy atom. The van der Waals surface area contributed by atoms with Crippen LogP contribution in [0.5, 0.6) is 0 Å². The van der Waals surface area contributed by atoms with Gasteiger partial charge in [-0.2, -0.15) is 13.2 Å². The molecule has 1 aromatic carbocycles. The normalized spacial score (nSPS) is 12.5. The second-order valence-electron chi connectivity index (χ2n) is 5.99. The van der Waals surface area contributed by atoms with E-state index in [0.717, 1.165) is 0 Å². The topological polar surface area (TPSA) is 33.5 Å². The molecule has 0 spiro atoms. The number of halogens is 3. The van der Waals surface area contributed by atoms with E-state index in [1.54, 1.807) is 39.0 Å². The van der Waals surface area contributed by atoms with E-state index in [0.29, 0.717) is 17.6 Å². The summed E-state index contributed by atoms with van der Waals surface area (Å²) in [5, 5.41) is 0.